The summed E-state index contributed by atoms with van der Waals surface area (Å²) < 4.78 is 30.5. The van der Waals surface area contributed by atoms with Gasteiger partial charge in [0, 0.05) is 26.2 Å². The molecule has 2 aromatic carbocycles. The number of likely N-dealkylation sites (N-methyl/N-ethyl adjacent to an activating group) is 1. The molecule has 3 atom stereocenters. The lowest BCUT2D eigenvalue weighted by molar-refractivity contribution is -0.903. The molecule has 0 spiro atoms. The van der Waals surface area contributed by atoms with Gasteiger partial charge in [0.15, 0.2) is 0 Å². The number of carbonyl (C=O) groups is 1. The average Bonchev–Trinajstić information content (AvgIpc) is 3.21. The van der Waals surface area contributed by atoms with Crippen molar-refractivity contribution in [1.29, 1.82) is 0 Å². The maximum absolute atomic E-state index is 14.1. The number of quaternary nitrogens is 1. The Morgan fingerprint density at radius 2 is 1.61 bits per heavy atom. The van der Waals surface area contributed by atoms with Crippen LogP contribution in [0.3, 0.4) is 0 Å². The number of hydrogen-bond acceptors (Lipinski definition) is 4. The second-order valence-electron chi connectivity index (χ2n) is 11.5. The van der Waals surface area contributed by atoms with Crippen LogP contribution in [-0.2, 0) is 18.8 Å². The van der Waals surface area contributed by atoms with Crippen LogP contribution in [0.15, 0.2) is 48.5 Å². The van der Waals surface area contributed by atoms with E-state index >= 15 is 0 Å². The maximum atomic E-state index is 14.1. The normalized spacial score (nSPS) is 25.1. The summed E-state index contributed by atoms with van der Waals surface area (Å²) in [6, 6.07) is 16.1. The highest BCUT2D eigenvalue weighted by Crippen LogP contribution is 2.52. The van der Waals surface area contributed by atoms with E-state index in [0.717, 1.165) is 39.8 Å². The maximum Gasteiger partial charge on any atom is 0.241 e. The van der Waals surface area contributed by atoms with Crippen molar-refractivity contribution in [3.8, 4) is 11.1 Å². The van der Waals surface area contributed by atoms with Gasteiger partial charge in [-0.05, 0) is 36.3 Å². The van der Waals surface area contributed by atoms with Crippen LogP contribution in [0.25, 0.3) is 11.1 Å². The minimum Gasteiger partial charge on any atom is -0.371 e. The summed E-state index contributed by atoms with van der Waals surface area (Å²) in [7, 11) is 11.0. The molecule has 3 unspecified atom stereocenters. The van der Waals surface area contributed by atoms with Crippen molar-refractivity contribution >= 4 is 21.2 Å². The number of hydrogen-bond donors (Lipinski definition) is 0. The Labute approximate surface area is 228 Å². The number of benzene rings is 2. The fourth-order valence-electron chi connectivity index (χ4n) is 6.12. The quantitative estimate of drug-likeness (QED) is 0.308. The third kappa shape index (κ3) is 5.38. The summed E-state index contributed by atoms with van der Waals surface area (Å²) in [5.41, 5.74) is 4.42. The summed E-state index contributed by atoms with van der Waals surface area (Å²) in [6.07, 6.45) is -0.0177. The first-order valence-corrected chi connectivity index (χ1v) is 15.2. The highest BCUT2D eigenvalue weighted by Gasteiger charge is 2.41. The molecule has 0 N–H and O–H groups in total. The monoisotopic (exact) mass is 537 g/mol. The topological polar surface area (TPSA) is 62.3 Å². The average molecular weight is 537 g/mol. The minimum absolute atomic E-state index is 0.111. The lowest BCUT2D eigenvalue weighted by Gasteiger charge is -2.43. The van der Waals surface area contributed by atoms with Crippen molar-refractivity contribution in [1.82, 2.24) is 14.2 Å². The molecule has 3 aliphatic rings. The van der Waals surface area contributed by atoms with Crippen molar-refractivity contribution in [2.75, 3.05) is 80.4 Å². The highest BCUT2D eigenvalue weighted by molar-refractivity contribution is 7.58. The summed E-state index contributed by atoms with van der Waals surface area (Å²) in [6.45, 7) is 4.05. The van der Waals surface area contributed by atoms with Gasteiger partial charge in [0.2, 0.25) is 13.4 Å². The number of morpholine rings is 1. The molecule has 0 saturated carbocycles. The van der Waals surface area contributed by atoms with E-state index in [1.54, 1.807) is 4.67 Å². The minimum atomic E-state index is -2.96. The molecule has 1 aliphatic carbocycles. The molecular weight excluding hydrogens is 498 g/mol. The van der Waals surface area contributed by atoms with Gasteiger partial charge < -0.3 is 18.9 Å². The van der Waals surface area contributed by atoms with Gasteiger partial charge >= 0.3 is 0 Å². The van der Waals surface area contributed by atoms with Crippen LogP contribution in [0.1, 0.15) is 17.0 Å². The molecule has 1 amide bonds. The molecule has 2 aromatic rings. The van der Waals surface area contributed by atoms with Crippen LogP contribution in [0.2, 0.25) is 0 Å². The fraction of sp³-hybridized carbons (Fsp3) is 0.536. The van der Waals surface area contributed by atoms with E-state index in [2.05, 4.69) is 38.4 Å². The Morgan fingerprint density at radius 1 is 1.03 bits per heavy atom. The van der Waals surface area contributed by atoms with Gasteiger partial charge in [0.1, 0.15) is 26.8 Å². The van der Waals surface area contributed by atoms with Crippen LogP contribution in [-0.4, -0.2) is 125 Å². The lowest BCUT2D eigenvalue weighted by atomic mass is 9.95. The molecule has 0 bridgehead atoms. The first kappa shape index (κ1) is 27.6. The Hall–Kier alpha value is -2.00. The first-order valence-electron chi connectivity index (χ1n) is 13.4. The predicted octanol–water partition coefficient (Wildman–Crippen LogP) is 2.64. The standard InChI is InChI=1S/C28H39BN4O4P/c1-30(2)38(35,20-36-19-21-17-33(3,4)18-26(29)37-21)32-15-13-31(14-16-32)28(34)27-24-11-7-5-9-22(24)23-10-6-8-12-25(23)27/h5-12,21,26-27H,13-20H2,1-4H3/q+1. The van der Waals surface area contributed by atoms with Gasteiger partial charge in [0.25, 0.3) is 0 Å². The number of ether oxygens (including phenoxy) is 2. The van der Waals surface area contributed by atoms with E-state index in [0.29, 0.717) is 32.8 Å². The Kier molecular flexibility index (Phi) is 7.89. The van der Waals surface area contributed by atoms with E-state index < -0.39 is 7.44 Å². The molecule has 202 valence electrons. The molecule has 38 heavy (non-hydrogen) atoms. The summed E-state index contributed by atoms with van der Waals surface area (Å²) in [4.78, 5) is 15.7. The molecule has 5 rings (SSSR count). The second kappa shape index (κ2) is 10.9. The van der Waals surface area contributed by atoms with Crippen molar-refractivity contribution in [2.24, 2.45) is 0 Å². The van der Waals surface area contributed by atoms with E-state index in [1.807, 2.05) is 47.9 Å². The van der Waals surface area contributed by atoms with E-state index in [4.69, 9.17) is 17.3 Å². The van der Waals surface area contributed by atoms with E-state index in [1.165, 1.54) is 0 Å². The van der Waals surface area contributed by atoms with Gasteiger partial charge in [0.05, 0.1) is 39.2 Å². The number of nitrogens with zero attached hydrogens (tertiary/aromatic N) is 4. The molecule has 2 heterocycles. The molecule has 10 heteroatoms. The van der Waals surface area contributed by atoms with Crippen molar-refractivity contribution < 1.29 is 23.3 Å². The van der Waals surface area contributed by atoms with Crippen LogP contribution >= 0.6 is 7.44 Å². The summed E-state index contributed by atoms with van der Waals surface area (Å²) in [5.74, 6) is -0.174. The largest absolute Gasteiger partial charge is 0.371 e. The molecule has 0 aromatic heterocycles. The number of fused-ring (bicyclic) bond motifs is 3. The van der Waals surface area contributed by atoms with Crippen LogP contribution in [0, 0.1) is 0 Å². The Bertz CT molecular complexity index is 1170. The van der Waals surface area contributed by atoms with Crippen LogP contribution in [0.4, 0.5) is 0 Å². The number of piperazine rings is 1. The Morgan fingerprint density at radius 3 is 2.16 bits per heavy atom. The number of amides is 1. The number of rotatable bonds is 7. The van der Waals surface area contributed by atoms with Gasteiger partial charge in [-0.2, -0.15) is 0 Å². The zero-order chi connectivity index (χ0) is 27.1. The Balaban J connectivity index is 1.22. The van der Waals surface area contributed by atoms with Crippen LogP contribution < -0.4 is 0 Å². The van der Waals surface area contributed by atoms with Crippen molar-refractivity contribution in [2.45, 2.75) is 18.0 Å². The van der Waals surface area contributed by atoms with E-state index in [9.17, 15) is 9.36 Å². The van der Waals surface area contributed by atoms with Gasteiger partial charge in [-0.3, -0.25) is 9.36 Å². The zero-order valence-corrected chi connectivity index (χ0v) is 23.8. The number of carbonyl (C=O) groups excluding carboxylic acids is 1. The van der Waals surface area contributed by atoms with Gasteiger partial charge in [-0.15, -0.1) is 0 Å². The second-order valence-corrected chi connectivity index (χ2v) is 14.4. The third-order valence-electron chi connectivity index (χ3n) is 8.02. The van der Waals surface area contributed by atoms with Gasteiger partial charge in [-0.25, -0.2) is 9.34 Å². The van der Waals surface area contributed by atoms with Crippen molar-refractivity contribution in [3.05, 3.63) is 59.7 Å². The van der Waals surface area contributed by atoms with Crippen molar-refractivity contribution in [3.63, 3.8) is 0 Å². The SMILES string of the molecule is [B]C1C[N+](C)(C)CC(COCP(=O)(N(C)C)N2CCN(C(=O)C3c4ccccc4-c4ccccc43)CC2)O1. The molecule has 8 nitrogen and oxygen atoms in total. The smallest absolute Gasteiger partial charge is 0.241 e. The molecule has 2 radical (unpaired) electrons. The lowest BCUT2D eigenvalue weighted by Crippen LogP contribution is -2.57. The molecular formula is C28H39BN4O4P+. The van der Waals surface area contributed by atoms with E-state index in [-0.39, 0.29) is 30.3 Å². The fourth-order valence-corrected chi connectivity index (χ4v) is 8.17. The predicted molar refractivity (Wildman–Crippen MR) is 150 cm³/mol. The van der Waals surface area contributed by atoms with Gasteiger partial charge in [-0.1, -0.05) is 48.5 Å². The zero-order valence-electron chi connectivity index (χ0n) is 23.0. The first-order chi connectivity index (χ1) is 18.1. The van der Waals surface area contributed by atoms with Crippen LogP contribution in [0.5, 0.6) is 0 Å². The highest BCUT2D eigenvalue weighted by atomic mass is 31.2. The molecule has 2 saturated heterocycles. The summed E-state index contributed by atoms with van der Waals surface area (Å²) >= 11 is 0. The third-order valence-corrected chi connectivity index (χ3v) is 11.1. The molecule has 2 fully saturated rings. The summed E-state index contributed by atoms with van der Waals surface area (Å²) in [5, 5.41) is 0. The molecule has 2 aliphatic heterocycles.